The molecule has 0 spiro atoms. The Bertz CT molecular complexity index is 1170. The van der Waals surface area contributed by atoms with E-state index in [1.807, 2.05) is 45.0 Å². The first-order valence-electron chi connectivity index (χ1n) is 12.4. The van der Waals surface area contributed by atoms with Gasteiger partial charge in [-0.25, -0.2) is 4.98 Å². The molecule has 3 rings (SSSR count). The van der Waals surface area contributed by atoms with Gasteiger partial charge in [-0.15, -0.1) is 10.2 Å². The molecule has 0 aliphatic heterocycles. The second-order valence-electron chi connectivity index (χ2n) is 9.97. The lowest BCUT2D eigenvalue weighted by molar-refractivity contribution is -0.136. The predicted octanol–water partition coefficient (Wildman–Crippen LogP) is 4.54. The summed E-state index contributed by atoms with van der Waals surface area (Å²) in [5.41, 5.74) is 0.974. The molecular weight excluding hydrogens is 474 g/mol. The molecule has 3 aromatic rings. The Balaban J connectivity index is 1.58. The quantitative estimate of drug-likeness (QED) is 0.321. The molecular formula is C27H35N5O5. The van der Waals surface area contributed by atoms with Gasteiger partial charge in [0.2, 0.25) is 11.8 Å². The summed E-state index contributed by atoms with van der Waals surface area (Å²) >= 11 is 0. The van der Waals surface area contributed by atoms with Crippen LogP contribution in [0.4, 0.5) is 5.82 Å². The van der Waals surface area contributed by atoms with Gasteiger partial charge in [-0.05, 0) is 42.3 Å². The number of hydrogen-bond acceptors (Lipinski definition) is 8. The van der Waals surface area contributed by atoms with Crippen LogP contribution in [0.15, 0.2) is 47.0 Å². The average molecular weight is 510 g/mol. The topological polar surface area (TPSA) is 139 Å². The number of rotatable bonds is 12. The van der Waals surface area contributed by atoms with Crippen LogP contribution in [0, 0.1) is 5.92 Å². The van der Waals surface area contributed by atoms with E-state index in [1.165, 1.54) is 6.20 Å². The molecule has 1 amide bonds. The zero-order valence-corrected chi connectivity index (χ0v) is 21.9. The Hall–Kier alpha value is -3.95. The van der Waals surface area contributed by atoms with Crippen LogP contribution in [-0.2, 0) is 10.2 Å². The first-order valence-corrected chi connectivity index (χ1v) is 12.4. The SMILES string of the molecule is CCC(C)C(COc1ccc(-c2nnc(C(C)(C)C)o2)cc1)Nc1ccc(C(=O)NCCC(=O)O)cn1. The highest BCUT2D eigenvalue weighted by Crippen LogP contribution is 2.26. The minimum Gasteiger partial charge on any atom is -0.491 e. The van der Waals surface area contributed by atoms with Crippen molar-refractivity contribution in [1.29, 1.82) is 0 Å². The standard InChI is InChI=1S/C27H35N5O5/c1-6-17(2)21(30-22-12-9-19(15-29-22)24(35)28-14-13-23(33)34)16-36-20-10-7-18(8-11-20)25-31-32-26(37-25)27(3,4)5/h7-12,15,17,21H,6,13-14,16H2,1-5H3,(H,28,35)(H,29,30)(H,33,34). The maximum atomic E-state index is 12.1. The molecule has 1 aromatic carbocycles. The summed E-state index contributed by atoms with van der Waals surface area (Å²) in [5, 5.41) is 23.0. The minimum atomic E-state index is -0.964. The lowest BCUT2D eigenvalue weighted by atomic mass is 9.97. The lowest BCUT2D eigenvalue weighted by Gasteiger charge is -2.25. The molecule has 10 heteroatoms. The molecule has 3 N–H and O–H groups in total. The Morgan fingerprint density at radius 1 is 1.11 bits per heavy atom. The highest BCUT2D eigenvalue weighted by atomic mass is 16.5. The number of carboxylic acid groups (broad SMARTS) is 1. The lowest BCUT2D eigenvalue weighted by Crippen LogP contribution is -2.33. The molecule has 0 saturated carbocycles. The number of nitrogens with one attached hydrogen (secondary N) is 2. The van der Waals surface area contributed by atoms with Crippen molar-refractivity contribution in [3.05, 3.63) is 54.0 Å². The van der Waals surface area contributed by atoms with E-state index in [1.54, 1.807) is 12.1 Å². The summed E-state index contributed by atoms with van der Waals surface area (Å²) in [6.45, 7) is 10.8. The average Bonchev–Trinajstić information content (AvgIpc) is 3.38. The van der Waals surface area contributed by atoms with E-state index in [0.717, 1.165) is 17.7 Å². The molecule has 2 aromatic heterocycles. The second-order valence-corrected chi connectivity index (χ2v) is 9.97. The van der Waals surface area contributed by atoms with Crippen LogP contribution in [0.5, 0.6) is 5.75 Å². The Kier molecular flexibility index (Phi) is 9.21. The molecule has 0 bridgehead atoms. The van der Waals surface area contributed by atoms with E-state index in [2.05, 4.69) is 39.7 Å². The van der Waals surface area contributed by atoms with E-state index < -0.39 is 5.97 Å². The number of amides is 1. The second kappa shape index (κ2) is 12.3. The number of aliphatic carboxylic acids is 1. The van der Waals surface area contributed by atoms with Crippen molar-refractivity contribution in [2.24, 2.45) is 5.92 Å². The van der Waals surface area contributed by atoms with Gasteiger partial charge in [-0.3, -0.25) is 9.59 Å². The van der Waals surface area contributed by atoms with E-state index in [9.17, 15) is 9.59 Å². The maximum Gasteiger partial charge on any atom is 0.305 e. The molecule has 0 aliphatic carbocycles. The smallest absolute Gasteiger partial charge is 0.305 e. The highest BCUT2D eigenvalue weighted by molar-refractivity contribution is 5.94. The summed E-state index contributed by atoms with van der Waals surface area (Å²) in [5.74, 6) is 1.38. The molecule has 2 heterocycles. The molecule has 0 fully saturated rings. The molecule has 2 unspecified atom stereocenters. The molecule has 198 valence electrons. The van der Waals surface area contributed by atoms with Crippen LogP contribution in [0.1, 0.15) is 63.7 Å². The van der Waals surface area contributed by atoms with Gasteiger partial charge in [0.25, 0.3) is 5.91 Å². The van der Waals surface area contributed by atoms with Crippen molar-refractivity contribution in [1.82, 2.24) is 20.5 Å². The third-order valence-corrected chi connectivity index (χ3v) is 5.91. The van der Waals surface area contributed by atoms with Gasteiger partial charge in [0, 0.05) is 23.7 Å². The van der Waals surface area contributed by atoms with Crippen molar-refractivity contribution in [2.75, 3.05) is 18.5 Å². The van der Waals surface area contributed by atoms with Gasteiger partial charge < -0.3 is 24.9 Å². The number of carbonyl (C=O) groups is 2. The predicted molar refractivity (Wildman–Crippen MR) is 140 cm³/mol. The summed E-state index contributed by atoms with van der Waals surface area (Å²) in [7, 11) is 0. The van der Waals surface area contributed by atoms with Gasteiger partial charge in [0.1, 0.15) is 18.2 Å². The number of aromatic nitrogens is 3. The number of benzene rings is 1. The number of nitrogens with zero attached hydrogens (tertiary/aromatic N) is 3. The Morgan fingerprint density at radius 2 is 1.84 bits per heavy atom. The molecule has 2 atom stereocenters. The van der Waals surface area contributed by atoms with Crippen LogP contribution in [-0.4, -0.2) is 51.4 Å². The van der Waals surface area contributed by atoms with E-state index in [-0.39, 0.29) is 30.3 Å². The zero-order chi connectivity index (χ0) is 27.0. The first-order chi connectivity index (χ1) is 17.6. The summed E-state index contributed by atoms with van der Waals surface area (Å²) in [6, 6.07) is 10.9. The van der Waals surface area contributed by atoms with Crippen LogP contribution < -0.4 is 15.4 Å². The molecule has 0 radical (unpaired) electrons. The monoisotopic (exact) mass is 509 g/mol. The number of ether oxygens (including phenoxy) is 1. The number of pyridine rings is 1. The van der Waals surface area contributed by atoms with Gasteiger partial charge in [-0.2, -0.15) is 0 Å². The molecule has 0 aliphatic rings. The van der Waals surface area contributed by atoms with Gasteiger partial charge in [-0.1, -0.05) is 41.0 Å². The van der Waals surface area contributed by atoms with Crippen molar-refractivity contribution >= 4 is 17.7 Å². The van der Waals surface area contributed by atoms with Gasteiger partial charge in [0.15, 0.2) is 0 Å². The first kappa shape index (κ1) is 27.6. The normalized spacial score (nSPS) is 13.0. The molecule has 37 heavy (non-hydrogen) atoms. The Morgan fingerprint density at radius 3 is 2.41 bits per heavy atom. The van der Waals surface area contributed by atoms with Crippen LogP contribution in [0.2, 0.25) is 0 Å². The number of carboxylic acids is 1. The van der Waals surface area contributed by atoms with Crippen LogP contribution in [0.25, 0.3) is 11.5 Å². The van der Waals surface area contributed by atoms with E-state index in [4.69, 9.17) is 14.3 Å². The summed E-state index contributed by atoms with van der Waals surface area (Å²) in [6.07, 6.45) is 2.28. The fourth-order valence-corrected chi connectivity index (χ4v) is 3.34. The van der Waals surface area contributed by atoms with Crippen LogP contribution in [0.3, 0.4) is 0 Å². The van der Waals surface area contributed by atoms with Crippen molar-refractivity contribution in [2.45, 2.75) is 58.9 Å². The van der Waals surface area contributed by atoms with Gasteiger partial charge >= 0.3 is 5.97 Å². The summed E-state index contributed by atoms with van der Waals surface area (Å²) < 4.78 is 11.9. The minimum absolute atomic E-state index is 0.0160. The zero-order valence-electron chi connectivity index (χ0n) is 21.9. The highest BCUT2D eigenvalue weighted by Gasteiger charge is 2.22. The molecule has 0 saturated heterocycles. The fourth-order valence-electron chi connectivity index (χ4n) is 3.34. The maximum absolute atomic E-state index is 12.1. The number of hydrogen-bond donors (Lipinski definition) is 3. The number of carbonyl (C=O) groups excluding carboxylic acids is 1. The third-order valence-electron chi connectivity index (χ3n) is 5.91. The largest absolute Gasteiger partial charge is 0.491 e. The van der Waals surface area contributed by atoms with E-state index in [0.29, 0.717) is 35.7 Å². The Labute approximate surface area is 216 Å². The van der Waals surface area contributed by atoms with Crippen molar-refractivity contribution in [3.63, 3.8) is 0 Å². The molecule has 10 nitrogen and oxygen atoms in total. The van der Waals surface area contributed by atoms with Gasteiger partial charge in [0.05, 0.1) is 18.0 Å². The summed E-state index contributed by atoms with van der Waals surface area (Å²) in [4.78, 5) is 27.1. The fraction of sp³-hybridized carbons (Fsp3) is 0.444. The van der Waals surface area contributed by atoms with Crippen molar-refractivity contribution in [3.8, 4) is 17.2 Å². The van der Waals surface area contributed by atoms with Crippen molar-refractivity contribution < 1.29 is 23.8 Å². The van der Waals surface area contributed by atoms with Crippen LogP contribution >= 0.6 is 0 Å². The third kappa shape index (κ3) is 8.03. The number of anilines is 1. The van der Waals surface area contributed by atoms with E-state index >= 15 is 0 Å².